The van der Waals surface area contributed by atoms with E-state index in [0.717, 1.165) is 13.1 Å². The summed E-state index contributed by atoms with van der Waals surface area (Å²) in [5.41, 5.74) is 0. The van der Waals surface area contributed by atoms with Crippen LogP contribution in [-0.2, 0) is 4.79 Å². The third-order valence-electron chi connectivity index (χ3n) is 3.32. The van der Waals surface area contributed by atoms with Crippen molar-refractivity contribution in [3.63, 3.8) is 0 Å². The molecule has 88 valence electrons. The summed E-state index contributed by atoms with van der Waals surface area (Å²) >= 11 is 5.71. The molecule has 1 saturated heterocycles. The third-order valence-corrected chi connectivity index (χ3v) is 3.79. The van der Waals surface area contributed by atoms with Crippen molar-refractivity contribution >= 4 is 17.5 Å². The predicted molar refractivity (Wildman–Crippen MR) is 63.2 cm³/mol. The molecule has 1 aliphatic heterocycles. The van der Waals surface area contributed by atoms with Crippen LogP contribution in [0.4, 0.5) is 0 Å². The summed E-state index contributed by atoms with van der Waals surface area (Å²) in [5.74, 6) is 0.541. The van der Waals surface area contributed by atoms with Crippen LogP contribution in [0.3, 0.4) is 0 Å². The summed E-state index contributed by atoms with van der Waals surface area (Å²) < 4.78 is 0. The third kappa shape index (κ3) is 2.85. The summed E-state index contributed by atoms with van der Waals surface area (Å²) in [6.07, 6.45) is 0. The number of piperazine rings is 1. The molecule has 0 aromatic carbocycles. The van der Waals surface area contributed by atoms with E-state index < -0.39 is 0 Å². The van der Waals surface area contributed by atoms with Gasteiger partial charge in [0, 0.05) is 37.0 Å². The van der Waals surface area contributed by atoms with E-state index in [1.54, 1.807) is 0 Å². The van der Waals surface area contributed by atoms with Gasteiger partial charge in [0.15, 0.2) is 0 Å². The van der Waals surface area contributed by atoms with Gasteiger partial charge in [-0.1, -0.05) is 6.92 Å². The summed E-state index contributed by atoms with van der Waals surface area (Å²) in [5, 5.41) is 0. The molecule has 4 heteroatoms. The SMILES string of the molecule is CC(CCl)C(=O)N1CC(C)N(C)C(C)C1. The fourth-order valence-corrected chi connectivity index (χ4v) is 2.09. The van der Waals surface area contributed by atoms with Gasteiger partial charge in [-0.2, -0.15) is 0 Å². The molecule has 15 heavy (non-hydrogen) atoms. The molecule has 1 heterocycles. The van der Waals surface area contributed by atoms with E-state index in [4.69, 9.17) is 11.6 Å². The molecular weight excluding hydrogens is 212 g/mol. The molecule has 1 amide bonds. The van der Waals surface area contributed by atoms with Crippen molar-refractivity contribution in [3.8, 4) is 0 Å². The lowest BCUT2D eigenvalue weighted by Gasteiger charge is -2.43. The second-order valence-electron chi connectivity index (χ2n) is 4.66. The Morgan fingerprint density at radius 1 is 1.40 bits per heavy atom. The largest absolute Gasteiger partial charge is 0.339 e. The fourth-order valence-electron chi connectivity index (χ4n) is 1.96. The van der Waals surface area contributed by atoms with Crippen molar-refractivity contribution in [2.75, 3.05) is 26.0 Å². The maximum atomic E-state index is 11.9. The van der Waals surface area contributed by atoms with Gasteiger partial charge in [-0.25, -0.2) is 0 Å². The van der Waals surface area contributed by atoms with Crippen LogP contribution < -0.4 is 0 Å². The summed E-state index contributed by atoms with van der Waals surface area (Å²) in [7, 11) is 2.11. The molecule has 3 nitrogen and oxygen atoms in total. The second-order valence-corrected chi connectivity index (χ2v) is 4.97. The van der Waals surface area contributed by atoms with Crippen molar-refractivity contribution in [1.29, 1.82) is 0 Å². The number of hydrogen-bond donors (Lipinski definition) is 0. The standard InChI is InChI=1S/C11H21ClN2O/c1-8(5-12)11(15)14-6-9(2)13(4)10(3)7-14/h8-10H,5-7H2,1-4H3. The first-order valence-electron chi connectivity index (χ1n) is 5.54. The highest BCUT2D eigenvalue weighted by atomic mass is 35.5. The second kappa shape index (κ2) is 5.17. The highest BCUT2D eigenvalue weighted by molar-refractivity contribution is 6.19. The number of rotatable bonds is 2. The molecule has 0 saturated carbocycles. The summed E-state index contributed by atoms with van der Waals surface area (Å²) in [4.78, 5) is 16.2. The molecule has 0 bridgehead atoms. The molecule has 1 fully saturated rings. The summed E-state index contributed by atoms with van der Waals surface area (Å²) in [6.45, 7) is 7.84. The van der Waals surface area contributed by atoms with Crippen molar-refractivity contribution in [2.45, 2.75) is 32.9 Å². The Hall–Kier alpha value is -0.280. The Labute approximate surface area is 97.4 Å². The van der Waals surface area contributed by atoms with Crippen LogP contribution in [0.5, 0.6) is 0 Å². The van der Waals surface area contributed by atoms with Crippen LogP contribution in [-0.4, -0.2) is 53.8 Å². The van der Waals surface area contributed by atoms with Crippen molar-refractivity contribution in [1.82, 2.24) is 9.80 Å². The highest BCUT2D eigenvalue weighted by Gasteiger charge is 2.30. The zero-order valence-electron chi connectivity index (χ0n) is 10.0. The van der Waals surface area contributed by atoms with E-state index in [9.17, 15) is 4.79 Å². The Balaban J connectivity index is 2.61. The normalized spacial score (nSPS) is 30.3. The minimum absolute atomic E-state index is 0.0607. The first-order chi connectivity index (χ1) is 6.97. The smallest absolute Gasteiger partial charge is 0.226 e. The number of likely N-dealkylation sites (N-methyl/N-ethyl adjacent to an activating group) is 1. The molecule has 1 aliphatic rings. The molecule has 0 aromatic heterocycles. The monoisotopic (exact) mass is 232 g/mol. The average Bonchev–Trinajstić information content (AvgIpc) is 2.23. The number of alkyl halides is 1. The fraction of sp³-hybridized carbons (Fsp3) is 0.909. The molecule has 3 unspecified atom stereocenters. The van der Waals surface area contributed by atoms with E-state index in [0.29, 0.717) is 18.0 Å². The van der Waals surface area contributed by atoms with E-state index >= 15 is 0 Å². The number of hydrogen-bond acceptors (Lipinski definition) is 2. The van der Waals surface area contributed by atoms with Crippen molar-refractivity contribution in [3.05, 3.63) is 0 Å². The maximum absolute atomic E-state index is 11.9. The Morgan fingerprint density at radius 3 is 2.27 bits per heavy atom. The van der Waals surface area contributed by atoms with E-state index in [2.05, 4.69) is 25.8 Å². The number of carbonyl (C=O) groups is 1. The zero-order valence-corrected chi connectivity index (χ0v) is 10.8. The molecule has 0 aliphatic carbocycles. The Morgan fingerprint density at radius 2 is 1.87 bits per heavy atom. The predicted octanol–water partition coefficient (Wildman–Crippen LogP) is 1.41. The first kappa shape index (κ1) is 12.8. The molecule has 0 N–H and O–H groups in total. The number of halogens is 1. The molecule has 0 aromatic rings. The van der Waals surface area contributed by atoms with E-state index in [-0.39, 0.29) is 11.8 Å². The van der Waals surface area contributed by atoms with Gasteiger partial charge in [0.2, 0.25) is 5.91 Å². The molecule has 1 rings (SSSR count). The van der Waals surface area contributed by atoms with Gasteiger partial charge >= 0.3 is 0 Å². The minimum atomic E-state index is -0.0607. The van der Waals surface area contributed by atoms with Gasteiger partial charge in [0.1, 0.15) is 0 Å². The lowest BCUT2D eigenvalue weighted by Crippen LogP contribution is -2.57. The Kier molecular flexibility index (Phi) is 4.41. The van der Waals surface area contributed by atoms with Gasteiger partial charge in [-0.3, -0.25) is 9.69 Å². The quantitative estimate of drug-likeness (QED) is 0.673. The van der Waals surface area contributed by atoms with Gasteiger partial charge in [0.05, 0.1) is 0 Å². The maximum Gasteiger partial charge on any atom is 0.226 e. The number of nitrogens with zero attached hydrogens (tertiary/aromatic N) is 2. The molecule has 3 atom stereocenters. The van der Waals surface area contributed by atoms with Gasteiger partial charge in [-0.15, -0.1) is 11.6 Å². The van der Waals surface area contributed by atoms with Gasteiger partial charge < -0.3 is 4.90 Å². The van der Waals surface area contributed by atoms with Crippen LogP contribution >= 0.6 is 11.6 Å². The lowest BCUT2D eigenvalue weighted by atomic mass is 10.1. The number of amides is 1. The van der Waals surface area contributed by atoms with Crippen molar-refractivity contribution < 1.29 is 4.79 Å². The minimum Gasteiger partial charge on any atom is -0.339 e. The van der Waals surface area contributed by atoms with Crippen LogP contribution in [0, 0.1) is 5.92 Å². The highest BCUT2D eigenvalue weighted by Crippen LogP contribution is 2.16. The molecule has 0 spiro atoms. The van der Waals surface area contributed by atoms with Gasteiger partial charge in [0.25, 0.3) is 0 Å². The van der Waals surface area contributed by atoms with Crippen LogP contribution in [0.25, 0.3) is 0 Å². The van der Waals surface area contributed by atoms with Crippen LogP contribution in [0.15, 0.2) is 0 Å². The Bertz CT molecular complexity index is 223. The number of carbonyl (C=O) groups excluding carboxylic acids is 1. The zero-order chi connectivity index (χ0) is 11.6. The molecule has 0 radical (unpaired) electrons. The lowest BCUT2D eigenvalue weighted by molar-refractivity contribution is -0.138. The average molecular weight is 233 g/mol. The topological polar surface area (TPSA) is 23.6 Å². The van der Waals surface area contributed by atoms with Gasteiger partial charge in [-0.05, 0) is 20.9 Å². The van der Waals surface area contributed by atoms with Crippen LogP contribution in [0.1, 0.15) is 20.8 Å². The molecular formula is C11H21ClN2O. The van der Waals surface area contributed by atoms with Crippen molar-refractivity contribution in [2.24, 2.45) is 5.92 Å². The first-order valence-corrected chi connectivity index (χ1v) is 6.07. The summed E-state index contributed by atoms with van der Waals surface area (Å²) in [6, 6.07) is 0.862. The van der Waals surface area contributed by atoms with E-state index in [1.165, 1.54) is 0 Å². The van der Waals surface area contributed by atoms with E-state index in [1.807, 2.05) is 11.8 Å². The van der Waals surface area contributed by atoms with Crippen LogP contribution in [0.2, 0.25) is 0 Å².